The molecule has 5 N–H and O–H groups in total. The molecule has 4 unspecified atom stereocenters. The number of nitrogens with zero attached hydrogens (tertiary/aromatic N) is 5. The Hall–Kier alpha value is -6.83. The highest BCUT2D eigenvalue weighted by Crippen LogP contribution is 2.33. The Morgan fingerprint density at radius 2 is 1.35 bits per heavy atom. The number of methoxy groups -OCH3 is 2. The number of imidazole rings is 2. The molecule has 0 bridgehead atoms. The monoisotopic (exact) mass is 820 g/mol. The lowest BCUT2D eigenvalue weighted by Crippen LogP contribution is -2.51. The Kier molecular flexibility index (Phi) is 13.4. The van der Waals surface area contributed by atoms with Gasteiger partial charge in [0.1, 0.15) is 29.8 Å². The molecule has 0 radical (unpaired) electrons. The number of hydrogen-bond acceptors (Lipinski definition) is 9. The molecule has 4 atom stereocenters. The highest BCUT2D eigenvalue weighted by Gasteiger charge is 2.42. The topological polar surface area (TPSA) is 207 Å². The lowest BCUT2D eigenvalue weighted by atomic mass is 10.0. The van der Waals surface area contributed by atoms with Crippen molar-refractivity contribution >= 4 is 30.0 Å². The smallest absolute Gasteiger partial charge is 0.407 e. The maximum absolute atomic E-state index is 13.8. The van der Waals surface area contributed by atoms with E-state index in [1.54, 1.807) is 22.2 Å². The molecule has 2 aromatic heterocycles. The number of nitrogens with one attached hydrogen (secondary N) is 5. The van der Waals surface area contributed by atoms with Crippen molar-refractivity contribution in [2.75, 3.05) is 41.0 Å². The number of carbonyl (C=O) groups is 5. The van der Waals surface area contributed by atoms with Crippen molar-refractivity contribution < 1.29 is 33.4 Å². The standard InChI is InChI=1S/C43H52N10O7/c1-25(2)35(49-42(57)59-6)39(54)52-20-8-9-33(52)37-45-21-31(47-37)29-16-12-27(13-17-29)10-11-28-14-18-30(19-15-28)32-22-46-38(48-32)34-23-51(41(56)44-5)24-53(34)40(55)36(26(3)4)50-43(58)60-7/h12-19,21-22,25-26,33-36H,8-9,20,23-24H2,1-7H3,(H,44,56)(H,45,47)(H,46,48)(H,49,57)(H,50,58). The molecule has 6 rings (SSSR count). The second-order valence-electron chi connectivity index (χ2n) is 15.4. The average molecular weight is 821 g/mol. The van der Waals surface area contributed by atoms with Gasteiger partial charge in [0.05, 0.1) is 51.1 Å². The van der Waals surface area contributed by atoms with Gasteiger partial charge in [0.15, 0.2) is 0 Å². The Labute approximate surface area is 349 Å². The summed E-state index contributed by atoms with van der Waals surface area (Å²) >= 11 is 0. The summed E-state index contributed by atoms with van der Waals surface area (Å²) in [5.41, 5.74) is 4.87. The van der Waals surface area contributed by atoms with Gasteiger partial charge in [0.2, 0.25) is 11.8 Å². The number of aromatic amines is 2. The van der Waals surface area contributed by atoms with Crippen LogP contribution in [0.15, 0.2) is 60.9 Å². The number of carbonyl (C=O) groups excluding carboxylic acids is 5. The molecule has 17 heteroatoms. The van der Waals surface area contributed by atoms with Gasteiger partial charge in [-0.3, -0.25) is 9.59 Å². The van der Waals surface area contributed by atoms with Gasteiger partial charge in [0, 0.05) is 36.5 Å². The van der Waals surface area contributed by atoms with Gasteiger partial charge in [-0.25, -0.2) is 24.4 Å². The van der Waals surface area contributed by atoms with Gasteiger partial charge in [-0.15, -0.1) is 0 Å². The van der Waals surface area contributed by atoms with Crippen molar-refractivity contribution in [1.82, 2.24) is 50.6 Å². The molecule has 0 aliphatic carbocycles. The Bertz CT molecular complexity index is 2240. The third-order valence-corrected chi connectivity index (χ3v) is 10.7. The molecule has 2 aliphatic heterocycles. The molecule has 6 amide bonds. The number of benzene rings is 2. The van der Waals surface area contributed by atoms with Crippen molar-refractivity contribution in [3.05, 3.63) is 83.7 Å². The summed E-state index contributed by atoms with van der Waals surface area (Å²) in [5.74, 6) is 6.77. The van der Waals surface area contributed by atoms with E-state index in [1.165, 1.54) is 26.2 Å². The van der Waals surface area contributed by atoms with Crippen LogP contribution in [0.25, 0.3) is 22.5 Å². The van der Waals surface area contributed by atoms with Crippen LogP contribution in [0.2, 0.25) is 0 Å². The van der Waals surface area contributed by atoms with E-state index < -0.39 is 30.3 Å². The fourth-order valence-electron chi connectivity index (χ4n) is 7.39. The fraction of sp³-hybridized carbons (Fsp3) is 0.419. The van der Waals surface area contributed by atoms with E-state index in [1.807, 2.05) is 76.2 Å². The Morgan fingerprint density at radius 1 is 0.783 bits per heavy atom. The van der Waals surface area contributed by atoms with Gasteiger partial charge in [0.25, 0.3) is 0 Å². The lowest BCUT2D eigenvalue weighted by Gasteiger charge is -2.30. The third kappa shape index (κ3) is 9.54. The molecule has 2 fully saturated rings. The van der Waals surface area contributed by atoms with Crippen LogP contribution in [0.1, 0.15) is 75.4 Å². The molecule has 2 saturated heterocycles. The first-order chi connectivity index (χ1) is 28.8. The van der Waals surface area contributed by atoms with Gasteiger partial charge in [-0.2, -0.15) is 0 Å². The summed E-state index contributed by atoms with van der Waals surface area (Å²) in [6, 6.07) is 12.8. The number of hydrogen-bond donors (Lipinski definition) is 5. The molecule has 4 aromatic rings. The molecular weight excluding hydrogens is 769 g/mol. The number of ether oxygens (including phenoxy) is 2. The van der Waals surface area contributed by atoms with Gasteiger partial charge >= 0.3 is 18.2 Å². The summed E-state index contributed by atoms with van der Waals surface area (Å²) in [6.07, 6.45) is 3.76. The first-order valence-corrected chi connectivity index (χ1v) is 19.9. The van der Waals surface area contributed by atoms with E-state index in [0.717, 1.165) is 40.8 Å². The highest BCUT2D eigenvalue weighted by molar-refractivity contribution is 5.88. The molecule has 4 heterocycles. The Balaban J connectivity index is 1.11. The van der Waals surface area contributed by atoms with E-state index in [4.69, 9.17) is 14.5 Å². The van der Waals surface area contributed by atoms with E-state index in [0.29, 0.717) is 23.9 Å². The zero-order chi connectivity index (χ0) is 43.1. The molecule has 0 spiro atoms. The van der Waals surface area contributed by atoms with Crippen molar-refractivity contribution in [3.8, 4) is 34.4 Å². The number of amides is 6. The number of aromatic nitrogens is 4. The summed E-state index contributed by atoms with van der Waals surface area (Å²) < 4.78 is 9.49. The highest BCUT2D eigenvalue weighted by atomic mass is 16.5. The van der Waals surface area contributed by atoms with Crippen LogP contribution in [-0.4, -0.2) is 118 Å². The first-order valence-electron chi connectivity index (χ1n) is 19.9. The molecule has 316 valence electrons. The minimum atomic E-state index is -0.869. The van der Waals surface area contributed by atoms with Crippen LogP contribution < -0.4 is 16.0 Å². The molecule has 2 aromatic carbocycles. The van der Waals surface area contributed by atoms with E-state index in [-0.39, 0.29) is 48.9 Å². The molecule has 17 nitrogen and oxygen atoms in total. The predicted molar refractivity (Wildman–Crippen MR) is 222 cm³/mol. The number of H-pyrrole nitrogens is 2. The first kappa shape index (κ1) is 42.8. The molecule has 2 aliphatic rings. The lowest BCUT2D eigenvalue weighted by molar-refractivity contribution is -0.136. The maximum atomic E-state index is 13.8. The number of urea groups is 1. The van der Waals surface area contributed by atoms with Crippen LogP contribution in [0.5, 0.6) is 0 Å². The van der Waals surface area contributed by atoms with Crippen molar-refractivity contribution in [2.45, 2.75) is 64.7 Å². The quantitative estimate of drug-likeness (QED) is 0.140. The number of alkyl carbamates (subject to hydrolysis) is 2. The molecule has 60 heavy (non-hydrogen) atoms. The average Bonchev–Trinajstić information content (AvgIpc) is 4.10. The van der Waals surface area contributed by atoms with Crippen LogP contribution in [0.3, 0.4) is 0 Å². The van der Waals surface area contributed by atoms with Crippen LogP contribution in [0.4, 0.5) is 14.4 Å². The predicted octanol–water partition coefficient (Wildman–Crippen LogP) is 4.77. The minimum Gasteiger partial charge on any atom is -0.453 e. The zero-order valence-corrected chi connectivity index (χ0v) is 34.9. The van der Waals surface area contributed by atoms with Crippen molar-refractivity contribution in [1.29, 1.82) is 0 Å². The van der Waals surface area contributed by atoms with E-state index in [9.17, 15) is 24.0 Å². The summed E-state index contributed by atoms with van der Waals surface area (Å²) in [4.78, 5) is 84.8. The second kappa shape index (κ2) is 18.8. The van der Waals surface area contributed by atoms with Crippen LogP contribution >= 0.6 is 0 Å². The summed E-state index contributed by atoms with van der Waals surface area (Å²) in [6.45, 7) is 8.22. The Morgan fingerprint density at radius 3 is 1.90 bits per heavy atom. The van der Waals surface area contributed by atoms with E-state index >= 15 is 0 Å². The zero-order valence-electron chi connectivity index (χ0n) is 34.9. The molecular formula is C43H52N10O7. The maximum Gasteiger partial charge on any atom is 0.407 e. The summed E-state index contributed by atoms with van der Waals surface area (Å²) in [5, 5.41) is 7.92. The van der Waals surface area contributed by atoms with Crippen LogP contribution in [0, 0.1) is 23.7 Å². The number of rotatable bonds is 10. The summed E-state index contributed by atoms with van der Waals surface area (Å²) in [7, 11) is 4.04. The normalized spacial score (nSPS) is 17.2. The third-order valence-electron chi connectivity index (χ3n) is 10.7. The number of likely N-dealkylation sites (tertiary alicyclic amines) is 1. The van der Waals surface area contributed by atoms with E-state index in [2.05, 4.69) is 42.7 Å². The SMILES string of the molecule is CNC(=O)N1CC(c2nc(-c3ccc(C#Cc4ccc(-c5cnc(C6CCCN6C(=O)C(NC(=O)OC)C(C)C)[nH]5)cc4)cc3)c[nH]2)N(C(=O)C(NC(=O)OC)C(C)C)C1. The van der Waals surface area contributed by atoms with Gasteiger partial charge in [-0.1, -0.05) is 63.8 Å². The largest absolute Gasteiger partial charge is 0.453 e. The fourth-order valence-corrected chi connectivity index (χ4v) is 7.39. The minimum absolute atomic E-state index is 0.0209. The second-order valence-corrected chi connectivity index (χ2v) is 15.4. The van der Waals surface area contributed by atoms with Crippen LogP contribution in [-0.2, 0) is 19.1 Å². The van der Waals surface area contributed by atoms with Gasteiger partial charge in [-0.05, 0) is 54.5 Å². The van der Waals surface area contributed by atoms with Gasteiger partial charge < -0.3 is 50.1 Å². The van der Waals surface area contributed by atoms with Crippen molar-refractivity contribution in [3.63, 3.8) is 0 Å². The van der Waals surface area contributed by atoms with Crippen molar-refractivity contribution in [2.24, 2.45) is 11.8 Å². The molecule has 0 saturated carbocycles.